The molecular weight excluding hydrogens is 296 g/mol. The highest BCUT2D eigenvalue weighted by Crippen LogP contribution is 2.32. The number of primary amides is 1. The summed E-state index contributed by atoms with van der Waals surface area (Å²) in [6.45, 7) is 6.33. The standard InChI is InChI=1S/C16H24N4O3/c1-11(2)19-8-6-13(7-9-19)18(3)14-5-4-12(16(17)21)10-15(14)20(22)23/h4-5,10-11,13H,6-9H2,1-3H3,(H2,17,21). The third-order valence-corrected chi connectivity index (χ3v) is 4.61. The maximum Gasteiger partial charge on any atom is 0.293 e. The molecule has 0 atom stereocenters. The Morgan fingerprint density at radius 2 is 2.00 bits per heavy atom. The summed E-state index contributed by atoms with van der Waals surface area (Å²) in [4.78, 5) is 26.5. The zero-order valence-electron chi connectivity index (χ0n) is 13.9. The number of benzene rings is 1. The highest BCUT2D eigenvalue weighted by molar-refractivity contribution is 5.94. The first kappa shape index (κ1) is 17.2. The van der Waals surface area contributed by atoms with Crippen molar-refractivity contribution in [1.29, 1.82) is 0 Å². The van der Waals surface area contributed by atoms with E-state index in [-0.39, 0.29) is 17.3 Å². The zero-order chi connectivity index (χ0) is 17.1. The molecule has 0 spiro atoms. The molecule has 1 heterocycles. The molecule has 7 nitrogen and oxygen atoms in total. The number of hydrogen-bond donors (Lipinski definition) is 1. The molecule has 1 aromatic rings. The maximum atomic E-state index is 11.3. The third-order valence-electron chi connectivity index (χ3n) is 4.61. The predicted molar refractivity (Wildman–Crippen MR) is 89.7 cm³/mol. The van der Waals surface area contributed by atoms with E-state index in [1.54, 1.807) is 12.1 Å². The number of carbonyl (C=O) groups excluding carboxylic acids is 1. The van der Waals surface area contributed by atoms with Gasteiger partial charge in [-0.3, -0.25) is 14.9 Å². The van der Waals surface area contributed by atoms with E-state index in [1.165, 1.54) is 6.07 Å². The average Bonchev–Trinajstić information content (AvgIpc) is 2.53. The summed E-state index contributed by atoms with van der Waals surface area (Å²) in [7, 11) is 1.88. The molecule has 1 fully saturated rings. The fourth-order valence-corrected chi connectivity index (χ4v) is 3.11. The average molecular weight is 320 g/mol. The second-order valence-corrected chi connectivity index (χ2v) is 6.30. The Kier molecular flexibility index (Phi) is 5.20. The van der Waals surface area contributed by atoms with E-state index in [4.69, 9.17) is 5.73 Å². The number of rotatable bonds is 5. The van der Waals surface area contributed by atoms with E-state index in [0.29, 0.717) is 11.7 Å². The van der Waals surface area contributed by atoms with Gasteiger partial charge in [0.1, 0.15) is 5.69 Å². The molecule has 1 aromatic carbocycles. The van der Waals surface area contributed by atoms with Gasteiger partial charge in [-0.2, -0.15) is 0 Å². The van der Waals surface area contributed by atoms with Gasteiger partial charge in [0.15, 0.2) is 0 Å². The van der Waals surface area contributed by atoms with Crippen LogP contribution < -0.4 is 10.6 Å². The van der Waals surface area contributed by atoms with Gasteiger partial charge in [0.25, 0.3) is 5.69 Å². The van der Waals surface area contributed by atoms with Crippen LogP contribution in [0.2, 0.25) is 0 Å². The number of carbonyl (C=O) groups is 1. The van der Waals surface area contributed by atoms with Gasteiger partial charge in [0.2, 0.25) is 5.91 Å². The first-order chi connectivity index (χ1) is 10.8. The summed E-state index contributed by atoms with van der Waals surface area (Å²) in [6, 6.07) is 5.20. The van der Waals surface area contributed by atoms with Crippen LogP contribution in [-0.4, -0.2) is 48.0 Å². The summed E-state index contributed by atoms with van der Waals surface area (Å²) in [5.41, 5.74) is 5.83. The molecule has 1 aliphatic heterocycles. The van der Waals surface area contributed by atoms with Gasteiger partial charge >= 0.3 is 0 Å². The fourth-order valence-electron chi connectivity index (χ4n) is 3.11. The lowest BCUT2D eigenvalue weighted by atomic mass is 10.0. The minimum absolute atomic E-state index is 0.0740. The molecule has 1 amide bonds. The molecule has 0 unspecified atom stereocenters. The number of nitrogens with zero attached hydrogens (tertiary/aromatic N) is 3. The van der Waals surface area contributed by atoms with Crippen LogP contribution >= 0.6 is 0 Å². The van der Waals surface area contributed by atoms with Gasteiger partial charge < -0.3 is 15.5 Å². The number of anilines is 1. The molecule has 0 saturated carbocycles. The lowest BCUT2D eigenvalue weighted by molar-refractivity contribution is -0.384. The van der Waals surface area contributed by atoms with Crippen LogP contribution in [0.4, 0.5) is 11.4 Å². The highest BCUT2D eigenvalue weighted by Gasteiger charge is 2.28. The fraction of sp³-hybridized carbons (Fsp3) is 0.562. The van der Waals surface area contributed by atoms with Crippen molar-refractivity contribution in [1.82, 2.24) is 4.90 Å². The number of piperidine rings is 1. The topological polar surface area (TPSA) is 92.7 Å². The van der Waals surface area contributed by atoms with Crippen molar-refractivity contribution < 1.29 is 9.72 Å². The molecule has 2 rings (SSSR count). The van der Waals surface area contributed by atoms with Crippen LogP contribution in [-0.2, 0) is 0 Å². The quantitative estimate of drug-likeness (QED) is 0.661. The Hall–Kier alpha value is -2.15. The Labute approximate surface area is 136 Å². The Morgan fingerprint density at radius 3 is 2.48 bits per heavy atom. The van der Waals surface area contributed by atoms with Crippen molar-refractivity contribution in [3.8, 4) is 0 Å². The first-order valence-corrected chi connectivity index (χ1v) is 7.86. The van der Waals surface area contributed by atoms with Crippen LogP contribution in [0.5, 0.6) is 0 Å². The van der Waals surface area contributed by atoms with E-state index >= 15 is 0 Å². The minimum Gasteiger partial charge on any atom is -0.366 e. The zero-order valence-corrected chi connectivity index (χ0v) is 13.9. The highest BCUT2D eigenvalue weighted by atomic mass is 16.6. The van der Waals surface area contributed by atoms with Crippen LogP contribution in [0.15, 0.2) is 18.2 Å². The maximum absolute atomic E-state index is 11.3. The summed E-state index contributed by atoms with van der Waals surface area (Å²) < 4.78 is 0. The second kappa shape index (κ2) is 6.95. The summed E-state index contributed by atoms with van der Waals surface area (Å²) in [5, 5.41) is 11.3. The normalized spacial score (nSPS) is 16.5. The lowest BCUT2D eigenvalue weighted by Gasteiger charge is -2.39. The van der Waals surface area contributed by atoms with Crippen LogP contribution in [0.1, 0.15) is 37.0 Å². The van der Waals surface area contributed by atoms with Crippen molar-refractivity contribution >= 4 is 17.3 Å². The van der Waals surface area contributed by atoms with E-state index < -0.39 is 10.8 Å². The van der Waals surface area contributed by atoms with Gasteiger partial charge in [0.05, 0.1) is 4.92 Å². The number of amides is 1. The molecule has 1 saturated heterocycles. The first-order valence-electron chi connectivity index (χ1n) is 7.86. The molecule has 0 aromatic heterocycles. The SMILES string of the molecule is CC(C)N1CCC(N(C)c2ccc(C(N)=O)cc2[N+](=O)[O-])CC1. The molecule has 2 N–H and O–H groups in total. The summed E-state index contributed by atoms with van der Waals surface area (Å²) >= 11 is 0. The molecule has 0 bridgehead atoms. The van der Waals surface area contributed by atoms with Crippen LogP contribution in [0.3, 0.4) is 0 Å². The van der Waals surface area contributed by atoms with Gasteiger partial charge in [-0.1, -0.05) is 0 Å². The Bertz CT molecular complexity index is 595. The number of nitrogens with two attached hydrogens (primary N) is 1. The molecular formula is C16H24N4O3. The predicted octanol–water partition coefficient (Wildman–Crippen LogP) is 2.00. The number of hydrogen-bond acceptors (Lipinski definition) is 5. The van der Waals surface area contributed by atoms with Crippen LogP contribution in [0, 0.1) is 10.1 Å². The van der Waals surface area contributed by atoms with E-state index in [1.807, 2.05) is 11.9 Å². The van der Waals surface area contributed by atoms with Crippen molar-refractivity contribution in [2.45, 2.75) is 38.8 Å². The molecule has 1 aliphatic rings. The lowest BCUT2D eigenvalue weighted by Crippen LogP contribution is -2.45. The second-order valence-electron chi connectivity index (χ2n) is 6.30. The van der Waals surface area contributed by atoms with Gasteiger partial charge in [-0.05, 0) is 38.8 Å². The van der Waals surface area contributed by atoms with Gasteiger partial charge in [-0.25, -0.2) is 0 Å². The summed E-state index contributed by atoms with van der Waals surface area (Å²) in [5.74, 6) is -0.660. The number of nitro benzene ring substituents is 1. The van der Waals surface area contributed by atoms with E-state index in [9.17, 15) is 14.9 Å². The smallest absolute Gasteiger partial charge is 0.293 e. The molecule has 0 aliphatic carbocycles. The third kappa shape index (κ3) is 3.79. The number of nitro groups is 1. The summed E-state index contributed by atoms with van der Waals surface area (Å²) in [6.07, 6.45) is 1.92. The van der Waals surface area contributed by atoms with Crippen LogP contribution in [0.25, 0.3) is 0 Å². The monoisotopic (exact) mass is 320 g/mol. The molecule has 126 valence electrons. The van der Waals surface area contributed by atoms with Crippen molar-refractivity contribution in [3.63, 3.8) is 0 Å². The van der Waals surface area contributed by atoms with Crippen molar-refractivity contribution in [3.05, 3.63) is 33.9 Å². The molecule has 23 heavy (non-hydrogen) atoms. The Morgan fingerprint density at radius 1 is 1.39 bits per heavy atom. The molecule has 0 radical (unpaired) electrons. The Balaban J connectivity index is 2.21. The van der Waals surface area contributed by atoms with Crippen molar-refractivity contribution in [2.24, 2.45) is 5.73 Å². The van der Waals surface area contributed by atoms with E-state index in [2.05, 4.69) is 18.7 Å². The van der Waals surface area contributed by atoms with E-state index in [0.717, 1.165) is 25.9 Å². The molecule has 7 heteroatoms. The largest absolute Gasteiger partial charge is 0.366 e. The van der Waals surface area contributed by atoms with Crippen molar-refractivity contribution in [2.75, 3.05) is 25.0 Å². The number of likely N-dealkylation sites (tertiary alicyclic amines) is 1. The van der Waals surface area contributed by atoms with Gasteiger partial charge in [-0.15, -0.1) is 0 Å². The minimum atomic E-state index is -0.660. The van der Waals surface area contributed by atoms with Gasteiger partial charge in [0, 0.05) is 43.9 Å².